The van der Waals surface area contributed by atoms with Crippen LogP contribution in [-0.2, 0) is 134 Å². The molecule has 0 aliphatic heterocycles. The van der Waals surface area contributed by atoms with Gasteiger partial charge in [-0.05, 0) is 0 Å². The molecule has 0 unspecified atom stereocenters. The molecule has 0 atom stereocenters. The minimum absolute atomic E-state index is 0. The van der Waals surface area contributed by atoms with Crippen LogP contribution in [0.3, 0.4) is 0 Å². The third-order valence-electron chi connectivity index (χ3n) is 0. The Morgan fingerprint density at radius 2 is 0.231 bits per heavy atom. The summed E-state index contributed by atoms with van der Waals surface area (Å²) >= 11 is 0. The van der Waals surface area contributed by atoms with E-state index < -0.39 is 0 Å². The molecule has 0 fully saturated rings. The zero-order valence-electron chi connectivity index (χ0n) is 5.24. The van der Waals surface area contributed by atoms with Crippen LogP contribution in [0.4, 0.5) is 0 Å². The Bertz CT molecular complexity index is 15.6. The first-order chi connectivity index (χ1) is 0. The number of hydrogen-bond donors (Lipinski definition) is 0. The fourth-order valence-electron chi connectivity index (χ4n) is 0. The van der Waals surface area contributed by atoms with Gasteiger partial charge < -0.3 is 49.3 Å². The third-order valence-corrected chi connectivity index (χ3v) is 0. The molecular weight excluding hydrogens is 890 g/mol. The van der Waals surface area contributed by atoms with Crippen molar-refractivity contribution in [3.05, 3.63) is 0 Å². The van der Waals surface area contributed by atoms with Crippen molar-refractivity contribution in [2.24, 2.45) is 0 Å². The van der Waals surface area contributed by atoms with Crippen molar-refractivity contribution < 1.29 is 134 Å². The van der Waals surface area contributed by atoms with E-state index in [1.165, 1.54) is 0 Å². The van der Waals surface area contributed by atoms with Gasteiger partial charge in [0.1, 0.15) is 0 Å². The Morgan fingerprint density at radius 3 is 0.231 bits per heavy atom. The molecule has 0 aliphatic rings. The molecule has 0 aromatic heterocycles. The van der Waals surface area contributed by atoms with Crippen molar-refractivity contribution >= 4 is 0 Å². The van der Waals surface area contributed by atoms with Gasteiger partial charge in [0.2, 0.25) is 0 Å². The molecule has 0 N–H and O–H groups in total. The normalized spacial score (nSPS) is 0. The van der Waals surface area contributed by atoms with Gasteiger partial charge in [0.05, 0.1) is 0 Å². The Kier molecular flexibility index (Phi) is 18700. The molecule has 0 bridgehead atoms. The average Bonchev–Trinajstić information content (AvgIpc) is 0. The van der Waals surface area contributed by atoms with Gasteiger partial charge >= 0.3 is 85.0 Å². The molecule has 9 nitrogen and oxygen atoms in total. The van der Waals surface area contributed by atoms with Crippen LogP contribution in [0.5, 0.6) is 0 Å². The molecule has 2 radical (unpaired) electrons. The second-order valence-electron chi connectivity index (χ2n) is 0. The second kappa shape index (κ2) is 444. The Morgan fingerprint density at radius 1 is 0.231 bits per heavy atom. The van der Waals surface area contributed by atoms with Gasteiger partial charge in [-0.25, -0.2) is 0 Å². The third kappa shape index (κ3) is 380. The summed E-state index contributed by atoms with van der Waals surface area (Å²) in [5, 5.41) is 0. The van der Waals surface area contributed by atoms with E-state index in [0.717, 1.165) is 0 Å². The van der Waals surface area contributed by atoms with Crippen LogP contribution in [0.25, 0.3) is 0 Å². The van der Waals surface area contributed by atoms with Gasteiger partial charge in [-0.15, -0.1) is 0 Å². The van der Waals surface area contributed by atoms with E-state index in [9.17, 15) is 0 Å². The SMILES string of the molecule is [Ir+4].[Ir+4].[O-2].[O-2].[O-2].[O-2].[O-2].[O-2].[O-2].[O-2].[O-2].[Ta+5].[Ta+5]. The van der Waals surface area contributed by atoms with Crippen LogP contribution in [0.1, 0.15) is 0 Å². The molecular formula is Ir2O9Ta2. The summed E-state index contributed by atoms with van der Waals surface area (Å²) in [5.74, 6) is 0. The van der Waals surface area contributed by atoms with Crippen molar-refractivity contribution in [2.75, 3.05) is 0 Å². The van der Waals surface area contributed by atoms with Crippen LogP contribution in [0.2, 0.25) is 0 Å². The average molecular weight is 890 g/mol. The van der Waals surface area contributed by atoms with Gasteiger partial charge in [0.15, 0.2) is 0 Å². The standard InChI is InChI=1S/2Ir.9O.2Ta/q2*+4;9*-2;2*+5. The number of hydrogen-bond acceptors (Lipinski definition) is 0. The molecule has 0 spiro atoms. The van der Waals surface area contributed by atoms with Crippen LogP contribution >= 0.6 is 0 Å². The monoisotopic (exact) mass is 892 g/mol. The van der Waals surface area contributed by atoms with Crippen LogP contribution in [0, 0.1) is 0 Å². The molecule has 0 aromatic rings. The fourth-order valence-corrected chi connectivity index (χ4v) is 0. The van der Waals surface area contributed by atoms with Gasteiger partial charge in [-0.2, -0.15) is 0 Å². The van der Waals surface area contributed by atoms with Gasteiger partial charge in [0, 0.05) is 0 Å². The van der Waals surface area contributed by atoms with Crippen molar-refractivity contribution in [1.29, 1.82) is 0 Å². The summed E-state index contributed by atoms with van der Waals surface area (Å²) in [6.07, 6.45) is 0. The Labute approximate surface area is 133 Å². The molecule has 13 heteroatoms. The molecule has 13 heavy (non-hydrogen) atoms. The van der Waals surface area contributed by atoms with E-state index in [-0.39, 0.29) is 134 Å². The largest absolute Gasteiger partial charge is 5.00 e. The van der Waals surface area contributed by atoms with Crippen LogP contribution in [-0.4, -0.2) is 0 Å². The van der Waals surface area contributed by atoms with E-state index in [4.69, 9.17) is 0 Å². The van der Waals surface area contributed by atoms with Crippen molar-refractivity contribution in [3.63, 3.8) is 0 Å². The molecule has 0 aliphatic carbocycles. The smallest absolute Gasteiger partial charge is 2.00 e. The zero-order chi connectivity index (χ0) is 0. The molecule has 0 heterocycles. The topological polar surface area (TPSA) is 256 Å². The minimum atomic E-state index is 0. The second-order valence-corrected chi connectivity index (χ2v) is 0. The van der Waals surface area contributed by atoms with E-state index >= 15 is 0 Å². The Balaban J connectivity index is 0. The maximum Gasteiger partial charge on any atom is 5.00 e. The van der Waals surface area contributed by atoms with E-state index in [1.807, 2.05) is 0 Å². The zero-order valence-corrected chi connectivity index (χ0v) is 16.5. The van der Waals surface area contributed by atoms with Gasteiger partial charge in [-0.3, -0.25) is 0 Å². The van der Waals surface area contributed by atoms with E-state index in [1.54, 1.807) is 0 Å². The summed E-state index contributed by atoms with van der Waals surface area (Å²) in [6.45, 7) is 0. The Hall–Kier alpha value is 2.42. The predicted octanol–water partition coefficient (Wildman–Crippen LogP) is -1.08. The van der Waals surface area contributed by atoms with E-state index in [2.05, 4.69) is 0 Å². The predicted molar refractivity (Wildman–Crippen MR) is 6.18 cm³/mol. The summed E-state index contributed by atoms with van der Waals surface area (Å²) in [4.78, 5) is 0. The van der Waals surface area contributed by atoms with Crippen LogP contribution < -0.4 is 0 Å². The van der Waals surface area contributed by atoms with Crippen molar-refractivity contribution in [2.45, 2.75) is 0 Å². The molecule has 0 amide bonds. The molecule has 0 aromatic carbocycles. The molecule has 0 saturated heterocycles. The molecule has 0 rings (SSSR count). The summed E-state index contributed by atoms with van der Waals surface area (Å²) < 4.78 is 0. The number of rotatable bonds is 0. The quantitative estimate of drug-likeness (QED) is 0.282. The first-order valence-corrected chi connectivity index (χ1v) is 0. The summed E-state index contributed by atoms with van der Waals surface area (Å²) in [7, 11) is 0. The van der Waals surface area contributed by atoms with E-state index in [0.29, 0.717) is 0 Å². The van der Waals surface area contributed by atoms with Crippen LogP contribution in [0.15, 0.2) is 0 Å². The molecule has 0 saturated carbocycles. The van der Waals surface area contributed by atoms with Gasteiger partial charge in [0.25, 0.3) is 0 Å². The van der Waals surface area contributed by atoms with Crippen molar-refractivity contribution in [1.82, 2.24) is 0 Å². The molecule has 82 valence electrons. The first kappa shape index (κ1) is 548. The van der Waals surface area contributed by atoms with Crippen molar-refractivity contribution in [3.8, 4) is 0 Å². The fraction of sp³-hybridized carbons (Fsp3) is 0. The summed E-state index contributed by atoms with van der Waals surface area (Å²) in [5.41, 5.74) is 0. The van der Waals surface area contributed by atoms with Gasteiger partial charge in [-0.1, -0.05) is 0 Å². The minimum Gasteiger partial charge on any atom is -2.00 e. The maximum absolute atomic E-state index is 0. The maximum atomic E-state index is 0. The first-order valence-electron chi connectivity index (χ1n) is 0. The summed E-state index contributed by atoms with van der Waals surface area (Å²) in [6, 6.07) is 0.